The SMILES string of the molecule is C=C(C)C(=O)OCCCC(=O)OCCC(C)CCOC(=O)CCCOC(=O)C(=C)C. The zero-order valence-corrected chi connectivity index (χ0v) is 18.3. The second kappa shape index (κ2) is 16.2. The molecule has 0 fully saturated rings. The lowest BCUT2D eigenvalue weighted by Gasteiger charge is -2.12. The molecule has 0 rings (SSSR count). The Balaban J connectivity index is 3.65. The van der Waals surface area contributed by atoms with Crippen LogP contribution >= 0.6 is 0 Å². The summed E-state index contributed by atoms with van der Waals surface area (Å²) in [6, 6.07) is 0. The summed E-state index contributed by atoms with van der Waals surface area (Å²) >= 11 is 0. The third-order valence-electron chi connectivity index (χ3n) is 3.96. The fourth-order valence-corrected chi connectivity index (χ4v) is 2.05. The number of carbonyl (C=O) groups excluding carboxylic acids is 4. The van der Waals surface area contributed by atoms with Crippen molar-refractivity contribution in [2.24, 2.45) is 5.92 Å². The number of rotatable bonds is 16. The van der Waals surface area contributed by atoms with Crippen molar-refractivity contribution in [3.63, 3.8) is 0 Å². The van der Waals surface area contributed by atoms with Gasteiger partial charge in [-0.05, 0) is 45.4 Å². The molecule has 0 saturated heterocycles. The number of carbonyl (C=O) groups is 4. The van der Waals surface area contributed by atoms with Gasteiger partial charge in [-0.15, -0.1) is 0 Å². The monoisotopic (exact) mass is 426 g/mol. The van der Waals surface area contributed by atoms with E-state index < -0.39 is 11.9 Å². The summed E-state index contributed by atoms with van der Waals surface area (Å²) in [6.45, 7) is 12.9. The van der Waals surface area contributed by atoms with E-state index in [0.717, 1.165) is 0 Å². The first kappa shape index (κ1) is 27.4. The lowest BCUT2D eigenvalue weighted by atomic mass is 10.1. The number of esters is 4. The first-order valence-corrected chi connectivity index (χ1v) is 10.1. The van der Waals surface area contributed by atoms with Crippen molar-refractivity contribution in [3.05, 3.63) is 24.3 Å². The van der Waals surface area contributed by atoms with Gasteiger partial charge in [0.15, 0.2) is 0 Å². The van der Waals surface area contributed by atoms with Crippen LogP contribution in [0, 0.1) is 5.92 Å². The van der Waals surface area contributed by atoms with Crippen molar-refractivity contribution in [3.8, 4) is 0 Å². The smallest absolute Gasteiger partial charge is 0.333 e. The van der Waals surface area contributed by atoms with E-state index in [1.165, 1.54) is 0 Å². The van der Waals surface area contributed by atoms with Crippen LogP contribution in [-0.2, 0) is 38.1 Å². The molecule has 0 aliphatic heterocycles. The Morgan fingerprint density at radius 2 is 1.03 bits per heavy atom. The van der Waals surface area contributed by atoms with Crippen LogP contribution in [0.25, 0.3) is 0 Å². The maximum Gasteiger partial charge on any atom is 0.333 e. The van der Waals surface area contributed by atoms with Gasteiger partial charge in [0, 0.05) is 24.0 Å². The van der Waals surface area contributed by atoms with Gasteiger partial charge in [-0.25, -0.2) is 9.59 Å². The molecule has 0 spiro atoms. The molecule has 8 heteroatoms. The number of hydrogen-bond donors (Lipinski definition) is 0. The van der Waals surface area contributed by atoms with Crippen molar-refractivity contribution in [1.29, 1.82) is 0 Å². The van der Waals surface area contributed by atoms with E-state index in [9.17, 15) is 19.2 Å². The third kappa shape index (κ3) is 15.3. The Morgan fingerprint density at radius 1 is 0.667 bits per heavy atom. The van der Waals surface area contributed by atoms with Crippen LogP contribution in [0.4, 0.5) is 0 Å². The van der Waals surface area contributed by atoms with Crippen LogP contribution < -0.4 is 0 Å². The number of ether oxygens (including phenoxy) is 4. The predicted octanol–water partition coefficient (Wildman–Crippen LogP) is 3.29. The van der Waals surface area contributed by atoms with Crippen molar-refractivity contribution >= 4 is 23.9 Å². The highest BCUT2D eigenvalue weighted by Crippen LogP contribution is 2.09. The van der Waals surface area contributed by atoms with Crippen molar-refractivity contribution < 1.29 is 38.1 Å². The third-order valence-corrected chi connectivity index (χ3v) is 3.96. The largest absolute Gasteiger partial charge is 0.466 e. The molecule has 30 heavy (non-hydrogen) atoms. The van der Waals surface area contributed by atoms with Crippen LogP contribution in [-0.4, -0.2) is 50.3 Å². The van der Waals surface area contributed by atoms with E-state index in [1.807, 2.05) is 6.92 Å². The van der Waals surface area contributed by atoms with E-state index >= 15 is 0 Å². The Morgan fingerprint density at radius 3 is 1.37 bits per heavy atom. The van der Waals surface area contributed by atoms with E-state index in [1.54, 1.807) is 13.8 Å². The zero-order valence-electron chi connectivity index (χ0n) is 18.3. The number of hydrogen-bond acceptors (Lipinski definition) is 8. The fourth-order valence-electron chi connectivity index (χ4n) is 2.05. The molecule has 0 amide bonds. The van der Waals surface area contributed by atoms with Gasteiger partial charge in [-0.1, -0.05) is 20.1 Å². The highest BCUT2D eigenvalue weighted by atomic mass is 16.5. The van der Waals surface area contributed by atoms with Gasteiger partial charge in [0.2, 0.25) is 0 Å². The first-order valence-electron chi connectivity index (χ1n) is 10.1. The standard InChI is InChI=1S/C22H34O8/c1-16(2)21(25)29-12-6-8-19(23)27-14-10-18(5)11-15-28-20(24)9-7-13-30-22(26)17(3)4/h18H,1,3,6-15H2,2,4-5H3. The molecule has 0 aliphatic carbocycles. The first-order chi connectivity index (χ1) is 14.1. The molecular weight excluding hydrogens is 392 g/mol. The molecule has 0 unspecified atom stereocenters. The van der Waals surface area contributed by atoms with Gasteiger partial charge in [-0.3, -0.25) is 9.59 Å². The van der Waals surface area contributed by atoms with Gasteiger partial charge in [0.05, 0.1) is 26.4 Å². The van der Waals surface area contributed by atoms with E-state index in [0.29, 0.717) is 36.8 Å². The fraction of sp³-hybridized carbons (Fsp3) is 0.636. The van der Waals surface area contributed by atoms with E-state index in [-0.39, 0.29) is 57.1 Å². The molecule has 0 saturated carbocycles. The molecule has 0 aromatic rings. The second-order valence-corrected chi connectivity index (χ2v) is 7.16. The summed E-state index contributed by atoms with van der Waals surface area (Å²) in [4.78, 5) is 45.6. The minimum Gasteiger partial charge on any atom is -0.466 e. The summed E-state index contributed by atoms with van der Waals surface area (Å²) in [7, 11) is 0. The molecule has 170 valence electrons. The average Bonchev–Trinajstić information content (AvgIpc) is 2.67. The molecule has 0 heterocycles. The molecule has 0 aromatic carbocycles. The molecule has 0 aliphatic rings. The maximum absolute atomic E-state index is 11.6. The zero-order chi connectivity index (χ0) is 22.9. The minimum atomic E-state index is -0.468. The predicted molar refractivity (Wildman–Crippen MR) is 110 cm³/mol. The summed E-state index contributed by atoms with van der Waals surface area (Å²) in [5.41, 5.74) is 0.641. The van der Waals surface area contributed by atoms with Crippen LogP contribution in [0.5, 0.6) is 0 Å². The Bertz CT molecular complexity index is 556. The summed E-state index contributed by atoms with van der Waals surface area (Å²) in [5.74, 6) is -1.40. The highest BCUT2D eigenvalue weighted by molar-refractivity contribution is 5.87. The Kier molecular flexibility index (Phi) is 14.8. The van der Waals surface area contributed by atoms with Gasteiger partial charge < -0.3 is 18.9 Å². The maximum atomic E-state index is 11.6. The summed E-state index contributed by atoms with van der Waals surface area (Å²) in [5, 5.41) is 0. The van der Waals surface area contributed by atoms with Gasteiger partial charge in [-0.2, -0.15) is 0 Å². The normalized spacial score (nSPS) is 10.3. The molecule has 0 bridgehead atoms. The molecule has 0 aromatic heterocycles. The second-order valence-electron chi connectivity index (χ2n) is 7.16. The highest BCUT2D eigenvalue weighted by Gasteiger charge is 2.10. The lowest BCUT2D eigenvalue weighted by Crippen LogP contribution is -2.13. The van der Waals surface area contributed by atoms with Gasteiger partial charge >= 0.3 is 23.9 Å². The van der Waals surface area contributed by atoms with Gasteiger partial charge in [0.25, 0.3) is 0 Å². The van der Waals surface area contributed by atoms with Crippen LogP contribution in [0.3, 0.4) is 0 Å². The van der Waals surface area contributed by atoms with Crippen molar-refractivity contribution in [1.82, 2.24) is 0 Å². The summed E-state index contributed by atoms with van der Waals surface area (Å²) in [6.07, 6.45) is 2.47. The molecule has 8 nitrogen and oxygen atoms in total. The van der Waals surface area contributed by atoms with E-state index in [4.69, 9.17) is 18.9 Å². The van der Waals surface area contributed by atoms with Crippen molar-refractivity contribution in [2.45, 2.75) is 59.3 Å². The van der Waals surface area contributed by atoms with Crippen LogP contribution in [0.15, 0.2) is 24.3 Å². The minimum absolute atomic E-state index is 0.152. The Labute approximate surface area is 178 Å². The van der Waals surface area contributed by atoms with Crippen LogP contribution in [0.1, 0.15) is 59.3 Å². The molecule has 0 radical (unpaired) electrons. The quantitative estimate of drug-likeness (QED) is 0.160. The molecular formula is C22H34O8. The molecule has 0 N–H and O–H groups in total. The lowest BCUT2D eigenvalue weighted by molar-refractivity contribution is -0.146. The topological polar surface area (TPSA) is 105 Å². The van der Waals surface area contributed by atoms with Crippen LogP contribution in [0.2, 0.25) is 0 Å². The summed E-state index contributed by atoms with van der Waals surface area (Å²) < 4.78 is 20.1. The average molecular weight is 427 g/mol. The van der Waals surface area contributed by atoms with Crippen molar-refractivity contribution in [2.75, 3.05) is 26.4 Å². The molecule has 0 atom stereocenters. The van der Waals surface area contributed by atoms with Gasteiger partial charge in [0.1, 0.15) is 0 Å². The Hall–Kier alpha value is -2.64. The van der Waals surface area contributed by atoms with E-state index in [2.05, 4.69) is 13.2 Å².